The van der Waals surface area contributed by atoms with Gasteiger partial charge in [-0.1, -0.05) is 60.7 Å². The zero-order valence-corrected chi connectivity index (χ0v) is 29.0. The van der Waals surface area contributed by atoms with Gasteiger partial charge in [-0.05, 0) is 169 Å². The van der Waals surface area contributed by atoms with Crippen LogP contribution in [-0.4, -0.2) is 9.13 Å². The van der Waals surface area contributed by atoms with Crippen molar-refractivity contribution in [2.45, 2.75) is 51.4 Å². The predicted molar refractivity (Wildman–Crippen MR) is 210 cm³/mol. The van der Waals surface area contributed by atoms with Crippen LogP contribution in [0.1, 0.15) is 48.2 Å². The van der Waals surface area contributed by atoms with Gasteiger partial charge in [-0.15, -0.1) is 0 Å². The fraction of sp³-hybridized carbons (Fsp3) is 0.167. The first-order valence-electron chi connectivity index (χ1n) is 18.6. The highest BCUT2D eigenvalue weighted by atomic mass is 19.1. The van der Waals surface area contributed by atoms with Gasteiger partial charge in [0.25, 0.3) is 0 Å². The SMILES string of the molecule is Fc1ccc2c(c1)c1c(n2-c2cc(-c3cc(-c4ccccc4)cc(-c4ccccc4)c3)cc(-n3c4c(c5cc(F)ccc53)CCCC4)c2)CCCC1. The van der Waals surface area contributed by atoms with Crippen LogP contribution >= 0.6 is 0 Å². The maximum Gasteiger partial charge on any atom is 0.123 e. The largest absolute Gasteiger partial charge is 0.313 e. The van der Waals surface area contributed by atoms with Crippen LogP contribution in [0.3, 0.4) is 0 Å². The van der Waals surface area contributed by atoms with Gasteiger partial charge in [0, 0.05) is 33.5 Å². The summed E-state index contributed by atoms with van der Waals surface area (Å²) in [5.74, 6) is -0.396. The lowest BCUT2D eigenvalue weighted by Gasteiger charge is -2.21. The standard InChI is InChI=1S/C48H38F2N2/c49-37-19-21-47-43(28-37)41-15-7-9-17-45(41)51(47)39-26-36(27-40(30-39)52-46-18-10-8-16-42(46)44-29-38(50)20-22-48(44)52)35-24-33(31-11-3-1-4-12-31)23-34(25-35)32-13-5-2-6-14-32/h1-6,11-14,19-30H,7-10,15-18H2. The van der Waals surface area contributed by atoms with Crippen LogP contribution in [0.2, 0.25) is 0 Å². The lowest BCUT2D eigenvalue weighted by Crippen LogP contribution is -2.09. The van der Waals surface area contributed by atoms with Crippen molar-refractivity contribution in [3.63, 3.8) is 0 Å². The first-order chi connectivity index (χ1) is 25.6. The number of nitrogens with zero attached hydrogens (tertiary/aromatic N) is 2. The molecule has 6 aromatic carbocycles. The number of aryl methyl sites for hydroxylation is 2. The van der Waals surface area contributed by atoms with Crippen molar-refractivity contribution in [3.8, 4) is 44.8 Å². The smallest absolute Gasteiger partial charge is 0.123 e. The lowest BCUT2D eigenvalue weighted by atomic mass is 9.92. The molecule has 0 amide bonds. The molecule has 10 rings (SSSR count). The molecule has 2 heterocycles. The minimum absolute atomic E-state index is 0.198. The molecule has 2 aromatic heterocycles. The Morgan fingerprint density at radius 1 is 0.365 bits per heavy atom. The van der Waals surface area contributed by atoms with Crippen molar-refractivity contribution in [3.05, 3.63) is 168 Å². The Morgan fingerprint density at radius 2 is 0.769 bits per heavy atom. The maximum atomic E-state index is 14.8. The molecule has 0 aliphatic heterocycles. The van der Waals surface area contributed by atoms with Crippen LogP contribution in [-0.2, 0) is 25.7 Å². The third-order valence-corrected chi connectivity index (χ3v) is 11.4. The van der Waals surface area contributed by atoms with E-state index in [0.717, 1.165) is 118 Å². The molecule has 0 atom stereocenters. The van der Waals surface area contributed by atoms with Crippen LogP contribution in [0.15, 0.2) is 133 Å². The third kappa shape index (κ3) is 5.20. The number of halogens is 2. The summed E-state index contributed by atoms with van der Waals surface area (Å²) >= 11 is 0. The second-order valence-corrected chi connectivity index (χ2v) is 14.5. The second-order valence-electron chi connectivity index (χ2n) is 14.5. The van der Waals surface area contributed by atoms with E-state index in [-0.39, 0.29) is 11.6 Å². The number of benzene rings is 6. The molecule has 0 saturated carbocycles. The van der Waals surface area contributed by atoms with Crippen molar-refractivity contribution in [2.24, 2.45) is 0 Å². The van der Waals surface area contributed by atoms with E-state index >= 15 is 0 Å². The monoisotopic (exact) mass is 680 g/mol. The maximum absolute atomic E-state index is 14.8. The molecule has 0 bridgehead atoms. The van der Waals surface area contributed by atoms with Crippen molar-refractivity contribution >= 4 is 21.8 Å². The van der Waals surface area contributed by atoms with Gasteiger partial charge in [0.2, 0.25) is 0 Å². The lowest BCUT2D eigenvalue weighted by molar-refractivity contribution is 0.629. The topological polar surface area (TPSA) is 9.86 Å². The van der Waals surface area contributed by atoms with Gasteiger partial charge >= 0.3 is 0 Å². The fourth-order valence-electron chi connectivity index (χ4n) is 9.03. The summed E-state index contributed by atoms with van der Waals surface area (Å²) in [5, 5.41) is 2.02. The summed E-state index contributed by atoms with van der Waals surface area (Å²) in [4.78, 5) is 0. The number of rotatable bonds is 5. The van der Waals surface area contributed by atoms with Crippen molar-refractivity contribution in [1.82, 2.24) is 9.13 Å². The van der Waals surface area contributed by atoms with Crippen LogP contribution in [0.4, 0.5) is 8.78 Å². The van der Waals surface area contributed by atoms with Gasteiger partial charge in [-0.3, -0.25) is 0 Å². The van der Waals surface area contributed by atoms with E-state index in [0.29, 0.717) is 0 Å². The Hall–Kier alpha value is -5.74. The van der Waals surface area contributed by atoms with Gasteiger partial charge in [0.1, 0.15) is 11.6 Å². The Kier molecular flexibility index (Phi) is 7.45. The van der Waals surface area contributed by atoms with E-state index in [1.165, 1.54) is 22.5 Å². The van der Waals surface area contributed by atoms with E-state index in [2.05, 4.69) is 106 Å². The van der Waals surface area contributed by atoms with Gasteiger partial charge in [-0.2, -0.15) is 0 Å². The molecule has 0 unspecified atom stereocenters. The van der Waals surface area contributed by atoms with E-state index in [9.17, 15) is 8.78 Å². The van der Waals surface area contributed by atoms with Gasteiger partial charge in [0.15, 0.2) is 0 Å². The molecule has 2 nitrogen and oxygen atoms in total. The molecule has 8 aromatic rings. The van der Waals surface area contributed by atoms with Crippen LogP contribution in [0.5, 0.6) is 0 Å². The Bertz CT molecular complexity index is 2470. The van der Waals surface area contributed by atoms with Gasteiger partial charge in [-0.25, -0.2) is 8.78 Å². The highest BCUT2D eigenvalue weighted by Crippen LogP contribution is 2.41. The van der Waals surface area contributed by atoms with E-state index < -0.39 is 0 Å². The average molecular weight is 681 g/mol. The van der Waals surface area contributed by atoms with Crippen molar-refractivity contribution in [2.75, 3.05) is 0 Å². The number of fused-ring (bicyclic) bond motifs is 6. The zero-order chi connectivity index (χ0) is 34.8. The molecule has 0 radical (unpaired) electrons. The quantitative estimate of drug-likeness (QED) is 0.171. The molecule has 52 heavy (non-hydrogen) atoms. The molecule has 2 aliphatic carbocycles. The van der Waals surface area contributed by atoms with E-state index in [1.807, 2.05) is 12.1 Å². The van der Waals surface area contributed by atoms with Crippen LogP contribution in [0.25, 0.3) is 66.6 Å². The predicted octanol–water partition coefficient (Wildman–Crippen LogP) is 12.6. The summed E-state index contributed by atoms with van der Waals surface area (Å²) in [6.07, 6.45) is 8.26. The normalized spacial score (nSPS) is 14.1. The molecule has 2 aliphatic rings. The number of hydrogen-bond donors (Lipinski definition) is 0. The van der Waals surface area contributed by atoms with Crippen LogP contribution in [0, 0.1) is 11.6 Å². The molecule has 254 valence electrons. The number of aromatic nitrogens is 2. The summed E-state index contributed by atoms with van der Waals surface area (Å²) in [6, 6.07) is 45.5. The highest BCUT2D eigenvalue weighted by molar-refractivity contribution is 5.91. The second kappa shape index (κ2) is 12.5. The van der Waals surface area contributed by atoms with Crippen molar-refractivity contribution in [1.29, 1.82) is 0 Å². The molecule has 0 saturated heterocycles. The zero-order valence-electron chi connectivity index (χ0n) is 29.0. The molecule has 0 fully saturated rings. The van der Waals surface area contributed by atoms with Gasteiger partial charge < -0.3 is 9.13 Å². The summed E-state index contributed by atoms with van der Waals surface area (Å²) in [7, 11) is 0. The van der Waals surface area contributed by atoms with Crippen LogP contribution < -0.4 is 0 Å². The molecule has 0 spiro atoms. The first-order valence-corrected chi connectivity index (χ1v) is 18.6. The Morgan fingerprint density at radius 3 is 1.23 bits per heavy atom. The fourth-order valence-corrected chi connectivity index (χ4v) is 9.03. The Labute approximate surface area is 302 Å². The minimum Gasteiger partial charge on any atom is -0.313 e. The number of hydrogen-bond acceptors (Lipinski definition) is 0. The molecule has 4 heteroatoms. The molecule has 0 N–H and O–H groups in total. The minimum atomic E-state index is -0.198. The molecular weight excluding hydrogens is 643 g/mol. The van der Waals surface area contributed by atoms with E-state index in [1.54, 1.807) is 24.3 Å². The summed E-state index contributed by atoms with van der Waals surface area (Å²) in [6.45, 7) is 0. The average Bonchev–Trinajstić information content (AvgIpc) is 3.70. The third-order valence-electron chi connectivity index (χ3n) is 11.4. The summed E-state index contributed by atoms with van der Waals surface area (Å²) in [5.41, 5.74) is 16.2. The Balaban J connectivity index is 1.28. The van der Waals surface area contributed by atoms with Crippen molar-refractivity contribution < 1.29 is 8.78 Å². The van der Waals surface area contributed by atoms with E-state index in [4.69, 9.17) is 0 Å². The molecular formula is C48H38F2N2. The highest BCUT2D eigenvalue weighted by Gasteiger charge is 2.25. The van der Waals surface area contributed by atoms with Gasteiger partial charge in [0.05, 0.1) is 11.0 Å². The summed E-state index contributed by atoms with van der Waals surface area (Å²) < 4.78 is 34.4. The first kappa shape index (κ1) is 31.0.